The summed E-state index contributed by atoms with van der Waals surface area (Å²) >= 11 is 0. The fraction of sp³-hybridized carbons (Fsp3) is 0.387. The molecule has 1 fully saturated rings. The Morgan fingerprint density at radius 1 is 0.902 bits per heavy atom. The van der Waals surface area contributed by atoms with E-state index in [4.69, 9.17) is 8.61 Å². The van der Waals surface area contributed by atoms with Gasteiger partial charge in [-0.05, 0) is 90.6 Å². The number of hydrogen-bond acceptors (Lipinski definition) is 5. The summed E-state index contributed by atoms with van der Waals surface area (Å²) < 4.78 is 62.3. The molecule has 0 aromatic heterocycles. The normalized spacial score (nSPS) is 18.6. The molecule has 3 aromatic carbocycles. The van der Waals surface area contributed by atoms with Gasteiger partial charge in [-0.1, -0.05) is 45.0 Å². The average Bonchev–Trinajstić information content (AvgIpc) is 2.87. The molecule has 41 heavy (non-hydrogen) atoms. The quantitative estimate of drug-likeness (QED) is 0.136. The van der Waals surface area contributed by atoms with E-state index < -0.39 is 30.2 Å². The third-order valence-corrected chi connectivity index (χ3v) is 13.0. The third kappa shape index (κ3) is 7.23. The second-order valence-corrected chi connectivity index (χ2v) is 18.4. The highest BCUT2D eigenvalue weighted by atomic mass is 32.2. The lowest BCUT2D eigenvalue weighted by Gasteiger charge is -2.48. The first-order valence-electron chi connectivity index (χ1n) is 13.6. The molecule has 1 aliphatic heterocycles. The van der Waals surface area contributed by atoms with Crippen molar-refractivity contribution in [3.63, 3.8) is 0 Å². The van der Waals surface area contributed by atoms with Gasteiger partial charge in [-0.15, -0.1) is 0 Å². The van der Waals surface area contributed by atoms with Crippen LogP contribution in [0.15, 0.2) is 72.8 Å². The predicted molar refractivity (Wildman–Crippen MR) is 159 cm³/mol. The molecular formula is C31H37F2NO5SSi. The van der Waals surface area contributed by atoms with Crippen molar-refractivity contribution in [2.75, 3.05) is 11.2 Å². The number of nitrogens with zero attached hydrogens (tertiary/aromatic N) is 1. The van der Waals surface area contributed by atoms with E-state index in [1.807, 2.05) is 0 Å². The summed E-state index contributed by atoms with van der Waals surface area (Å²) in [5.74, 6) is -1.05. The molecule has 0 bridgehead atoms. The Morgan fingerprint density at radius 3 is 1.95 bits per heavy atom. The summed E-state index contributed by atoms with van der Waals surface area (Å²) in [4.78, 5) is 15.2. The van der Waals surface area contributed by atoms with Crippen LogP contribution < -0.4 is 9.08 Å². The highest BCUT2D eigenvalue weighted by Crippen LogP contribution is 2.48. The zero-order valence-electron chi connectivity index (χ0n) is 24.2. The van der Waals surface area contributed by atoms with Crippen LogP contribution in [0, 0.1) is 17.6 Å². The van der Waals surface area contributed by atoms with Crippen molar-refractivity contribution >= 4 is 30.0 Å². The van der Waals surface area contributed by atoms with Crippen LogP contribution in [0.2, 0.25) is 18.1 Å². The van der Waals surface area contributed by atoms with Crippen LogP contribution in [-0.2, 0) is 19.3 Å². The third-order valence-electron chi connectivity index (χ3n) is 8.01. The lowest BCUT2D eigenvalue weighted by molar-refractivity contribution is -0.131. The van der Waals surface area contributed by atoms with E-state index in [-0.39, 0.29) is 34.7 Å². The Hall–Kier alpha value is -3.08. The zero-order valence-corrected chi connectivity index (χ0v) is 26.0. The number of hydrogen-bond donors (Lipinski definition) is 0. The summed E-state index contributed by atoms with van der Waals surface area (Å²) in [6, 6.07) is 18.3. The Kier molecular flexibility index (Phi) is 8.78. The fourth-order valence-corrected chi connectivity index (χ4v) is 6.61. The summed E-state index contributed by atoms with van der Waals surface area (Å²) in [5.41, 5.74) is 2.22. The first-order valence-corrected chi connectivity index (χ1v) is 18.3. The standard InChI is InChI=1S/C31H37F2NO5SSi/c1-31(2,3)41(5,6)39-28(21-7-11-23(32)12-8-21)20-19-27-29(22-9-17-26(18-10-22)38-40(4,36)37)34(30(27)35)25-15-13-24(33)14-16-25/h7-18,27-29H,19-20H2,1-6H3/t27-,28+,29-/m1/s1. The Balaban J connectivity index is 1.63. The SMILES string of the molecule is CC(C)(C)[Si](C)(C)O[C@@H](CC[C@H]1C(=O)N(c2ccc(F)cc2)[C@@H]1c1ccc(OS(C)(=O)=O)cc1)c1ccc(F)cc1. The summed E-state index contributed by atoms with van der Waals surface area (Å²) in [7, 11) is -5.90. The van der Waals surface area contributed by atoms with E-state index in [2.05, 4.69) is 33.9 Å². The molecule has 6 nitrogen and oxygen atoms in total. The molecular weight excluding hydrogens is 564 g/mol. The number of rotatable bonds is 10. The van der Waals surface area contributed by atoms with Gasteiger partial charge in [0.25, 0.3) is 0 Å². The van der Waals surface area contributed by atoms with Crippen LogP contribution in [0.5, 0.6) is 5.75 Å². The van der Waals surface area contributed by atoms with Gasteiger partial charge in [0, 0.05) is 5.69 Å². The average molecular weight is 602 g/mol. The van der Waals surface area contributed by atoms with Crippen molar-refractivity contribution in [2.24, 2.45) is 5.92 Å². The van der Waals surface area contributed by atoms with Gasteiger partial charge in [0.2, 0.25) is 5.91 Å². The number of amides is 1. The highest BCUT2D eigenvalue weighted by Gasteiger charge is 2.49. The van der Waals surface area contributed by atoms with Crippen molar-refractivity contribution < 1.29 is 30.6 Å². The molecule has 0 radical (unpaired) electrons. The van der Waals surface area contributed by atoms with Crippen LogP contribution in [-0.4, -0.2) is 28.9 Å². The molecule has 1 aliphatic rings. The van der Waals surface area contributed by atoms with E-state index in [0.29, 0.717) is 18.5 Å². The van der Waals surface area contributed by atoms with Crippen LogP contribution in [0.4, 0.5) is 14.5 Å². The highest BCUT2D eigenvalue weighted by molar-refractivity contribution is 7.86. The van der Waals surface area contributed by atoms with Crippen molar-refractivity contribution in [1.29, 1.82) is 0 Å². The second-order valence-electron chi connectivity index (χ2n) is 12.1. The van der Waals surface area contributed by atoms with Gasteiger partial charge in [0.1, 0.15) is 17.4 Å². The molecule has 3 aromatic rings. The van der Waals surface area contributed by atoms with Crippen molar-refractivity contribution in [3.8, 4) is 5.75 Å². The van der Waals surface area contributed by atoms with E-state index >= 15 is 0 Å². The predicted octanol–water partition coefficient (Wildman–Crippen LogP) is 7.55. The maximum absolute atomic E-state index is 13.7. The number of halogens is 2. The Labute approximate surface area is 242 Å². The van der Waals surface area contributed by atoms with Gasteiger partial charge in [-0.25, -0.2) is 8.78 Å². The smallest absolute Gasteiger partial charge is 0.306 e. The molecule has 220 valence electrons. The van der Waals surface area contributed by atoms with Crippen LogP contribution in [0.3, 0.4) is 0 Å². The van der Waals surface area contributed by atoms with Crippen LogP contribution in [0.25, 0.3) is 0 Å². The van der Waals surface area contributed by atoms with E-state index in [1.54, 1.807) is 53.4 Å². The first-order chi connectivity index (χ1) is 19.1. The summed E-state index contributed by atoms with van der Waals surface area (Å²) in [5, 5.41) is -0.0464. The molecule has 1 amide bonds. The summed E-state index contributed by atoms with van der Waals surface area (Å²) in [6.45, 7) is 10.8. The lowest BCUT2D eigenvalue weighted by atomic mass is 9.78. The molecule has 1 saturated heterocycles. The van der Waals surface area contributed by atoms with E-state index in [1.165, 1.54) is 24.3 Å². The molecule has 4 rings (SSSR count). The van der Waals surface area contributed by atoms with E-state index in [9.17, 15) is 22.0 Å². The zero-order chi connectivity index (χ0) is 30.2. The first kappa shape index (κ1) is 30.9. The fourth-order valence-electron chi connectivity index (χ4n) is 4.83. The minimum absolute atomic E-state index is 0.0464. The molecule has 0 N–H and O–H groups in total. The number of carbonyl (C=O) groups excluding carboxylic acids is 1. The monoisotopic (exact) mass is 601 g/mol. The number of β-lactam (4-membered cyclic amide) rings is 1. The van der Waals surface area contributed by atoms with Crippen LogP contribution in [0.1, 0.15) is 56.9 Å². The topological polar surface area (TPSA) is 72.9 Å². The minimum Gasteiger partial charge on any atom is -0.410 e. The van der Waals surface area contributed by atoms with Gasteiger partial charge in [0.15, 0.2) is 8.32 Å². The molecule has 1 heterocycles. The van der Waals surface area contributed by atoms with Crippen molar-refractivity contribution in [2.45, 2.75) is 63.9 Å². The molecule has 0 aliphatic carbocycles. The minimum atomic E-state index is -3.69. The number of anilines is 1. The van der Waals surface area contributed by atoms with Gasteiger partial charge in [0.05, 0.1) is 24.3 Å². The van der Waals surface area contributed by atoms with Crippen LogP contribution >= 0.6 is 0 Å². The number of carbonyl (C=O) groups is 1. The van der Waals surface area contributed by atoms with Gasteiger partial charge >= 0.3 is 10.1 Å². The maximum atomic E-state index is 13.7. The molecule has 0 unspecified atom stereocenters. The second kappa shape index (κ2) is 11.7. The Bertz CT molecular complexity index is 1470. The molecule has 3 atom stereocenters. The lowest BCUT2D eigenvalue weighted by Crippen LogP contribution is -2.55. The Morgan fingerprint density at radius 2 is 1.44 bits per heavy atom. The maximum Gasteiger partial charge on any atom is 0.306 e. The van der Waals surface area contributed by atoms with Crippen molar-refractivity contribution in [1.82, 2.24) is 0 Å². The molecule has 0 spiro atoms. The number of benzene rings is 3. The summed E-state index contributed by atoms with van der Waals surface area (Å²) in [6.07, 6.45) is 1.69. The van der Waals surface area contributed by atoms with Gasteiger partial charge in [-0.3, -0.25) is 4.79 Å². The van der Waals surface area contributed by atoms with Gasteiger partial charge in [-0.2, -0.15) is 8.42 Å². The largest absolute Gasteiger partial charge is 0.410 e. The van der Waals surface area contributed by atoms with Crippen molar-refractivity contribution in [3.05, 3.63) is 95.6 Å². The van der Waals surface area contributed by atoms with E-state index in [0.717, 1.165) is 17.4 Å². The van der Waals surface area contributed by atoms with Gasteiger partial charge < -0.3 is 13.5 Å². The molecule has 0 saturated carbocycles. The molecule has 10 heteroatoms.